The number of benzene rings is 1. The summed E-state index contributed by atoms with van der Waals surface area (Å²) < 4.78 is 5.51. The van der Waals surface area contributed by atoms with Gasteiger partial charge in [-0.3, -0.25) is 4.90 Å². The Bertz CT molecular complexity index is 695. The number of piperazine rings is 1. The number of rotatable bonds is 7. The molecule has 1 aromatic heterocycles. The number of nitrogens with two attached hydrogens (primary N) is 1. The second-order valence-electron chi connectivity index (χ2n) is 6.43. The largest absolute Gasteiger partial charge is 0.494 e. The quantitative estimate of drug-likeness (QED) is 0.777. The van der Waals surface area contributed by atoms with Gasteiger partial charge in [0, 0.05) is 45.0 Å². The molecule has 3 N–H and O–H groups in total. The van der Waals surface area contributed by atoms with Crippen molar-refractivity contribution < 1.29 is 9.84 Å². The number of aliphatic hydroxyl groups is 1. The van der Waals surface area contributed by atoms with Gasteiger partial charge >= 0.3 is 0 Å². The second kappa shape index (κ2) is 8.82. The number of anilines is 2. The van der Waals surface area contributed by atoms with Gasteiger partial charge in [-0.15, -0.1) is 0 Å². The third kappa shape index (κ3) is 4.62. The molecule has 2 aromatic rings. The zero-order chi connectivity index (χ0) is 18.4. The first-order valence-electron chi connectivity index (χ1n) is 9.09. The van der Waals surface area contributed by atoms with Crippen LogP contribution in [-0.4, -0.2) is 58.9 Å². The van der Waals surface area contributed by atoms with Crippen molar-refractivity contribution in [2.24, 2.45) is 0 Å². The number of aromatic nitrogens is 2. The number of aliphatic hydroxyl groups excluding tert-OH is 1. The van der Waals surface area contributed by atoms with E-state index in [0.717, 1.165) is 44.2 Å². The maximum absolute atomic E-state index is 9.49. The molecule has 1 unspecified atom stereocenters. The Labute approximate surface area is 154 Å². The summed E-state index contributed by atoms with van der Waals surface area (Å²) in [5.41, 5.74) is 6.96. The van der Waals surface area contributed by atoms with Gasteiger partial charge in [0.25, 0.3) is 0 Å². The minimum absolute atomic E-state index is 0.171. The molecule has 7 nitrogen and oxygen atoms in total. The monoisotopic (exact) mass is 357 g/mol. The predicted octanol–water partition coefficient (Wildman–Crippen LogP) is 1.53. The van der Waals surface area contributed by atoms with Crippen molar-refractivity contribution in [2.75, 3.05) is 43.5 Å². The number of ether oxygens (including phenoxy) is 1. The molecular weight excluding hydrogens is 330 g/mol. The van der Waals surface area contributed by atoms with Crippen LogP contribution in [-0.2, 0) is 6.54 Å². The number of nitrogens with zero attached hydrogens (tertiary/aromatic N) is 4. The molecule has 1 fully saturated rings. The molecule has 0 radical (unpaired) electrons. The highest BCUT2D eigenvalue weighted by Crippen LogP contribution is 2.22. The number of hydrogen-bond donors (Lipinski definition) is 2. The van der Waals surface area contributed by atoms with Crippen LogP contribution in [0.5, 0.6) is 5.75 Å². The molecule has 0 saturated carbocycles. The summed E-state index contributed by atoms with van der Waals surface area (Å²) in [6, 6.07) is 10.4. The van der Waals surface area contributed by atoms with Crippen molar-refractivity contribution in [3.05, 3.63) is 42.1 Å². The van der Waals surface area contributed by atoms with Gasteiger partial charge < -0.3 is 20.5 Å². The maximum Gasteiger partial charge on any atom is 0.221 e. The van der Waals surface area contributed by atoms with Crippen molar-refractivity contribution >= 4 is 11.8 Å². The highest BCUT2D eigenvalue weighted by atomic mass is 16.5. The summed E-state index contributed by atoms with van der Waals surface area (Å²) in [4.78, 5) is 12.9. The van der Waals surface area contributed by atoms with Crippen LogP contribution in [0.3, 0.4) is 0 Å². The Morgan fingerprint density at radius 2 is 2.04 bits per heavy atom. The average Bonchev–Trinajstić information content (AvgIpc) is 2.65. The Balaban J connectivity index is 1.66. The lowest BCUT2D eigenvalue weighted by atomic mass is 10.1. The topological polar surface area (TPSA) is 87.7 Å². The number of hydrogen-bond acceptors (Lipinski definition) is 7. The van der Waals surface area contributed by atoms with Crippen molar-refractivity contribution in [3.8, 4) is 5.75 Å². The highest BCUT2D eigenvalue weighted by molar-refractivity contribution is 5.41. The second-order valence-corrected chi connectivity index (χ2v) is 6.43. The normalized spacial score (nSPS) is 18.1. The van der Waals surface area contributed by atoms with Crippen LogP contribution in [0.15, 0.2) is 36.5 Å². The summed E-state index contributed by atoms with van der Waals surface area (Å²) in [6.07, 6.45) is 2.42. The van der Waals surface area contributed by atoms with Crippen molar-refractivity contribution in [1.82, 2.24) is 14.9 Å². The van der Waals surface area contributed by atoms with Crippen molar-refractivity contribution in [3.63, 3.8) is 0 Å². The lowest BCUT2D eigenvalue weighted by Crippen LogP contribution is -2.53. The van der Waals surface area contributed by atoms with Gasteiger partial charge in [-0.05, 0) is 37.1 Å². The molecule has 26 heavy (non-hydrogen) atoms. The van der Waals surface area contributed by atoms with Gasteiger partial charge in [-0.25, -0.2) is 4.98 Å². The minimum atomic E-state index is 0.171. The zero-order valence-corrected chi connectivity index (χ0v) is 15.2. The molecule has 0 aliphatic carbocycles. The lowest BCUT2D eigenvalue weighted by Gasteiger charge is -2.42. The number of nitrogen functional groups attached to an aromatic ring is 1. The van der Waals surface area contributed by atoms with Gasteiger partial charge in [-0.2, -0.15) is 4.98 Å². The van der Waals surface area contributed by atoms with E-state index in [1.54, 1.807) is 6.20 Å². The van der Waals surface area contributed by atoms with E-state index in [4.69, 9.17) is 10.5 Å². The minimum Gasteiger partial charge on any atom is -0.494 e. The Hall–Kier alpha value is -2.38. The van der Waals surface area contributed by atoms with Gasteiger partial charge in [0.1, 0.15) is 11.6 Å². The predicted molar refractivity (Wildman–Crippen MR) is 102 cm³/mol. The summed E-state index contributed by atoms with van der Waals surface area (Å²) in [5, 5.41) is 9.49. The van der Waals surface area contributed by atoms with Crippen LogP contribution in [0, 0.1) is 0 Å². The molecule has 140 valence electrons. The third-order valence-corrected chi connectivity index (χ3v) is 4.67. The van der Waals surface area contributed by atoms with Crippen LogP contribution in [0.25, 0.3) is 0 Å². The van der Waals surface area contributed by atoms with Crippen molar-refractivity contribution in [1.29, 1.82) is 0 Å². The van der Waals surface area contributed by atoms with E-state index in [1.807, 2.05) is 25.1 Å². The molecule has 2 heterocycles. The van der Waals surface area contributed by atoms with Gasteiger partial charge in [0.15, 0.2) is 0 Å². The summed E-state index contributed by atoms with van der Waals surface area (Å²) in [5.74, 6) is 2.04. The van der Waals surface area contributed by atoms with E-state index in [9.17, 15) is 5.11 Å². The van der Waals surface area contributed by atoms with E-state index in [2.05, 4.69) is 31.9 Å². The van der Waals surface area contributed by atoms with Crippen LogP contribution >= 0.6 is 0 Å². The molecule has 1 saturated heterocycles. The molecule has 3 rings (SSSR count). The molecule has 0 amide bonds. The lowest BCUT2D eigenvalue weighted by molar-refractivity contribution is 0.135. The van der Waals surface area contributed by atoms with Crippen LogP contribution < -0.4 is 15.4 Å². The average molecular weight is 357 g/mol. The summed E-state index contributed by atoms with van der Waals surface area (Å²) >= 11 is 0. The third-order valence-electron chi connectivity index (χ3n) is 4.67. The van der Waals surface area contributed by atoms with Gasteiger partial charge in [0.2, 0.25) is 5.95 Å². The smallest absolute Gasteiger partial charge is 0.221 e. The van der Waals surface area contributed by atoms with Crippen LogP contribution in [0.2, 0.25) is 0 Å². The SMILES string of the molecule is CCOc1ccc(CN2CCN(c3ccnc(N)n3)CC2CCO)cc1. The van der Waals surface area contributed by atoms with Gasteiger partial charge in [-0.1, -0.05) is 12.1 Å². The Morgan fingerprint density at radius 3 is 2.73 bits per heavy atom. The molecule has 0 bridgehead atoms. The van der Waals surface area contributed by atoms with Crippen LogP contribution in [0.4, 0.5) is 11.8 Å². The molecule has 1 aliphatic rings. The van der Waals surface area contributed by atoms with Gasteiger partial charge in [0.05, 0.1) is 6.61 Å². The summed E-state index contributed by atoms with van der Waals surface area (Å²) in [7, 11) is 0. The van der Waals surface area contributed by atoms with E-state index < -0.39 is 0 Å². The molecule has 0 spiro atoms. The fourth-order valence-corrected chi connectivity index (χ4v) is 3.36. The van der Waals surface area contributed by atoms with E-state index in [-0.39, 0.29) is 18.6 Å². The first-order chi connectivity index (χ1) is 12.7. The standard InChI is InChI=1S/C19H27N5O2/c1-2-26-17-5-3-15(4-6-17)13-23-10-11-24(14-16(23)8-12-25)18-7-9-21-19(20)22-18/h3-7,9,16,25H,2,8,10-14H2,1H3,(H2,20,21,22). The molecule has 1 aromatic carbocycles. The Kier molecular flexibility index (Phi) is 6.25. The zero-order valence-electron chi connectivity index (χ0n) is 15.2. The van der Waals surface area contributed by atoms with E-state index in [0.29, 0.717) is 6.61 Å². The van der Waals surface area contributed by atoms with E-state index in [1.165, 1.54) is 5.56 Å². The molecule has 1 aliphatic heterocycles. The first-order valence-corrected chi connectivity index (χ1v) is 9.09. The highest BCUT2D eigenvalue weighted by Gasteiger charge is 2.27. The van der Waals surface area contributed by atoms with Crippen molar-refractivity contribution in [2.45, 2.75) is 25.9 Å². The Morgan fingerprint density at radius 1 is 1.23 bits per heavy atom. The molecule has 7 heteroatoms. The summed E-state index contributed by atoms with van der Waals surface area (Å²) in [6.45, 7) is 6.28. The molecular formula is C19H27N5O2. The van der Waals surface area contributed by atoms with Crippen LogP contribution in [0.1, 0.15) is 18.9 Å². The first kappa shape index (κ1) is 18.4. The fourth-order valence-electron chi connectivity index (χ4n) is 3.36. The maximum atomic E-state index is 9.49. The molecule has 1 atom stereocenters. The van der Waals surface area contributed by atoms with E-state index >= 15 is 0 Å². The fraction of sp³-hybridized carbons (Fsp3) is 0.474.